The van der Waals surface area contributed by atoms with Crippen molar-refractivity contribution in [2.24, 2.45) is 5.92 Å². The maximum absolute atomic E-state index is 13.1. The lowest BCUT2D eigenvalue weighted by atomic mass is 9.90. The van der Waals surface area contributed by atoms with E-state index in [0.29, 0.717) is 32.0 Å². The van der Waals surface area contributed by atoms with Crippen LogP contribution in [0.4, 0.5) is 13.2 Å². The highest BCUT2D eigenvalue weighted by atomic mass is 32.2. The van der Waals surface area contributed by atoms with Crippen LogP contribution in [0.3, 0.4) is 0 Å². The number of piperidine rings is 1. The van der Waals surface area contributed by atoms with Crippen molar-refractivity contribution in [3.63, 3.8) is 0 Å². The summed E-state index contributed by atoms with van der Waals surface area (Å²) in [7, 11) is -3.67. The summed E-state index contributed by atoms with van der Waals surface area (Å²) in [6, 6.07) is 26.9. The summed E-state index contributed by atoms with van der Waals surface area (Å²) in [5.41, 5.74) is 3.37. The lowest BCUT2D eigenvalue weighted by Crippen LogP contribution is -2.52. The Balaban J connectivity index is 0.000000646. The molecule has 1 fully saturated rings. The minimum atomic E-state index is -5.08. The van der Waals surface area contributed by atoms with Crippen LogP contribution in [0, 0.1) is 5.92 Å². The van der Waals surface area contributed by atoms with Gasteiger partial charge in [-0.15, -0.1) is 0 Å². The molecule has 4 rings (SSSR count). The van der Waals surface area contributed by atoms with Gasteiger partial charge >= 0.3 is 12.1 Å². The molecule has 3 aromatic carbocycles. The van der Waals surface area contributed by atoms with Crippen LogP contribution in [0.25, 0.3) is 0 Å². The van der Waals surface area contributed by atoms with Gasteiger partial charge in [0, 0.05) is 31.6 Å². The average Bonchev–Trinajstić information content (AvgIpc) is 2.98. The molecule has 1 saturated heterocycles. The normalized spacial score (nSPS) is 17.2. The molecule has 0 aliphatic carbocycles. The molecule has 0 aromatic heterocycles. The van der Waals surface area contributed by atoms with E-state index in [0.717, 1.165) is 16.7 Å². The Morgan fingerprint density at radius 1 is 0.884 bits per heavy atom. The van der Waals surface area contributed by atoms with E-state index in [-0.39, 0.29) is 28.7 Å². The maximum Gasteiger partial charge on any atom is 0.490 e. The van der Waals surface area contributed by atoms with E-state index in [4.69, 9.17) is 9.90 Å². The molecule has 3 aromatic rings. The van der Waals surface area contributed by atoms with Gasteiger partial charge in [0.1, 0.15) is 0 Å². The number of sulfonamides is 1. The van der Waals surface area contributed by atoms with Gasteiger partial charge in [0.25, 0.3) is 0 Å². The number of carboxylic acids is 1. The second kappa shape index (κ2) is 15.1. The molecule has 1 heterocycles. The van der Waals surface area contributed by atoms with Crippen molar-refractivity contribution < 1.29 is 36.3 Å². The number of amides is 1. The van der Waals surface area contributed by atoms with Crippen molar-refractivity contribution in [1.29, 1.82) is 0 Å². The van der Waals surface area contributed by atoms with Crippen LogP contribution in [0.1, 0.15) is 48.8 Å². The lowest BCUT2D eigenvalue weighted by Gasteiger charge is -2.30. The Bertz CT molecular complexity index is 1400. The summed E-state index contributed by atoms with van der Waals surface area (Å²) < 4.78 is 60.4. The summed E-state index contributed by atoms with van der Waals surface area (Å²) in [4.78, 5) is 22.3. The molecule has 0 radical (unpaired) electrons. The number of benzene rings is 3. The van der Waals surface area contributed by atoms with Crippen molar-refractivity contribution in [3.05, 3.63) is 102 Å². The van der Waals surface area contributed by atoms with Crippen LogP contribution in [-0.4, -0.2) is 57.3 Å². The molecule has 8 nitrogen and oxygen atoms in total. The summed E-state index contributed by atoms with van der Waals surface area (Å²) >= 11 is 0. The predicted molar refractivity (Wildman–Crippen MR) is 157 cm³/mol. The van der Waals surface area contributed by atoms with Crippen molar-refractivity contribution in [3.8, 4) is 0 Å². The van der Waals surface area contributed by atoms with E-state index < -0.39 is 22.2 Å². The highest BCUT2D eigenvalue weighted by Gasteiger charge is 2.38. The molecule has 232 valence electrons. The number of nitrogens with one attached hydrogen (secondary N) is 3. The van der Waals surface area contributed by atoms with Crippen LogP contribution in [-0.2, 0) is 19.6 Å². The molecule has 0 saturated carbocycles. The number of halogens is 3. The van der Waals surface area contributed by atoms with E-state index in [2.05, 4.69) is 53.5 Å². The quantitative estimate of drug-likeness (QED) is 0.277. The second-order valence-corrected chi connectivity index (χ2v) is 12.3. The monoisotopic (exact) mass is 619 g/mol. The van der Waals surface area contributed by atoms with Gasteiger partial charge in [-0.2, -0.15) is 13.2 Å². The van der Waals surface area contributed by atoms with Gasteiger partial charge in [-0.1, -0.05) is 86.6 Å². The zero-order valence-corrected chi connectivity index (χ0v) is 24.7. The molecular formula is C31H36F3N3O5S. The molecule has 1 amide bonds. The molecule has 0 bridgehead atoms. The Labute approximate surface area is 249 Å². The van der Waals surface area contributed by atoms with Gasteiger partial charge in [0.05, 0.1) is 10.8 Å². The van der Waals surface area contributed by atoms with Gasteiger partial charge in [0.15, 0.2) is 0 Å². The SMILES string of the molecule is CC(C)c1ccc(S(=O)(=O)N[C@H]2CNC[C@@H](C(=O)NCC(c3ccccc3)c3ccccc3)C2)cc1.O=C(O)C(F)(F)F. The Kier molecular flexibility index (Phi) is 11.9. The third-order valence-electron chi connectivity index (χ3n) is 7.03. The largest absolute Gasteiger partial charge is 0.490 e. The summed E-state index contributed by atoms with van der Waals surface area (Å²) in [5, 5.41) is 13.5. The number of carbonyl (C=O) groups is 2. The molecule has 1 aliphatic rings. The first-order chi connectivity index (χ1) is 20.3. The number of hydrogen-bond acceptors (Lipinski definition) is 5. The molecule has 43 heavy (non-hydrogen) atoms. The van der Waals surface area contributed by atoms with E-state index in [1.165, 1.54) is 0 Å². The van der Waals surface area contributed by atoms with E-state index in [1.54, 1.807) is 12.1 Å². The third kappa shape index (κ3) is 10.2. The van der Waals surface area contributed by atoms with Gasteiger partial charge < -0.3 is 15.7 Å². The Morgan fingerprint density at radius 3 is 1.86 bits per heavy atom. The zero-order valence-electron chi connectivity index (χ0n) is 23.8. The Morgan fingerprint density at radius 2 is 1.40 bits per heavy atom. The van der Waals surface area contributed by atoms with Crippen molar-refractivity contribution in [2.75, 3.05) is 19.6 Å². The standard InChI is InChI=1S/C29H35N3O3S.C2HF3O2/c1-21(2)22-13-15-27(16-14-22)36(34,35)32-26-17-25(18-30-19-26)29(33)31-20-28(23-9-5-3-6-10-23)24-11-7-4-8-12-24;3-2(4,5)1(6)7/h3-16,21,25-26,28,30,32H,17-20H2,1-2H3,(H,31,33);(H,6,7)/t25-,26+;/m0./s1. The fraction of sp³-hybridized carbons (Fsp3) is 0.355. The minimum Gasteiger partial charge on any atom is -0.475 e. The van der Waals surface area contributed by atoms with E-state index in [1.807, 2.05) is 48.5 Å². The molecule has 4 N–H and O–H groups in total. The van der Waals surface area contributed by atoms with Crippen molar-refractivity contribution in [1.82, 2.24) is 15.4 Å². The Hall–Kier alpha value is -3.74. The highest BCUT2D eigenvalue weighted by molar-refractivity contribution is 7.89. The van der Waals surface area contributed by atoms with Crippen LogP contribution in [0.2, 0.25) is 0 Å². The number of alkyl halides is 3. The molecule has 0 spiro atoms. The highest BCUT2D eigenvalue weighted by Crippen LogP contribution is 2.24. The third-order valence-corrected chi connectivity index (χ3v) is 8.56. The number of aliphatic carboxylic acids is 1. The summed E-state index contributed by atoms with van der Waals surface area (Å²) in [6.07, 6.45) is -4.64. The van der Waals surface area contributed by atoms with Gasteiger partial charge in [-0.3, -0.25) is 4.79 Å². The number of carbonyl (C=O) groups excluding carboxylic acids is 1. The first-order valence-corrected chi connectivity index (χ1v) is 15.3. The van der Waals surface area contributed by atoms with Crippen molar-refractivity contribution >= 4 is 21.9 Å². The molecule has 1 aliphatic heterocycles. The minimum absolute atomic E-state index is 0.0380. The number of hydrogen-bond donors (Lipinski definition) is 4. The predicted octanol–water partition coefficient (Wildman–Crippen LogP) is 4.65. The molecule has 12 heteroatoms. The first-order valence-electron chi connectivity index (χ1n) is 13.8. The number of rotatable bonds is 9. The topological polar surface area (TPSA) is 125 Å². The smallest absolute Gasteiger partial charge is 0.475 e. The summed E-state index contributed by atoms with van der Waals surface area (Å²) in [6.45, 7) is 5.63. The fourth-order valence-electron chi connectivity index (χ4n) is 4.70. The first kappa shape index (κ1) is 33.8. The zero-order chi connectivity index (χ0) is 31.6. The van der Waals surface area contributed by atoms with E-state index >= 15 is 0 Å². The molecule has 0 unspecified atom stereocenters. The second-order valence-electron chi connectivity index (χ2n) is 10.6. The van der Waals surface area contributed by atoms with Gasteiger partial charge in [-0.25, -0.2) is 17.9 Å². The van der Waals surface area contributed by atoms with Crippen LogP contribution < -0.4 is 15.4 Å². The number of carboxylic acid groups (broad SMARTS) is 1. The van der Waals surface area contributed by atoms with Crippen LogP contribution in [0.5, 0.6) is 0 Å². The van der Waals surface area contributed by atoms with Crippen LogP contribution >= 0.6 is 0 Å². The van der Waals surface area contributed by atoms with Crippen LogP contribution in [0.15, 0.2) is 89.8 Å². The van der Waals surface area contributed by atoms with Crippen molar-refractivity contribution in [2.45, 2.75) is 49.2 Å². The average molecular weight is 620 g/mol. The summed E-state index contributed by atoms with van der Waals surface area (Å²) in [5.74, 6) is -2.77. The molecular weight excluding hydrogens is 583 g/mol. The fourth-order valence-corrected chi connectivity index (χ4v) is 5.95. The van der Waals surface area contributed by atoms with E-state index in [9.17, 15) is 26.4 Å². The maximum atomic E-state index is 13.1. The van der Waals surface area contributed by atoms with Gasteiger partial charge in [0.2, 0.25) is 15.9 Å². The van der Waals surface area contributed by atoms with Gasteiger partial charge in [-0.05, 0) is 41.2 Å². The molecule has 2 atom stereocenters. The lowest BCUT2D eigenvalue weighted by molar-refractivity contribution is -0.192.